The van der Waals surface area contributed by atoms with Gasteiger partial charge in [-0.2, -0.15) is 0 Å². The number of carboxylic acids is 1. The number of hydrogen-bond donors (Lipinski definition) is 4. The monoisotopic (exact) mass is 314 g/mol. The standard InChI is InChI=1S/C12H18N4O4S/c1-7-15-8(6-21-7)4-5-14-12(20)16-9(11(18)19)2-3-10(13)17/h6,9H,2-5H2,1H3,(H2,13,17)(H,18,19)(H2,14,16,20)/t9-/m0/s1. The van der Waals surface area contributed by atoms with Gasteiger partial charge in [-0.25, -0.2) is 14.6 Å². The van der Waals surface area contributed by atoms with E-state index in [0.717, 1.165) is 10.7 Å². The molecule has 0 saturated heterocycles. The number of carboxylic acid groups (broad SMARTS) is 1. The van der Waals surface area contributed by atoms with Crippen LogP contribution in [0.4, 0.5) is 4.79 Å². The first-order valence-corrected chi connectivity index (χ1v) is 7.23. The molecule has 1 rings (SSSR count). The molecule has 0 saturated carbocycles. The molecule has 1 aromatic rings. The Hall–Kier alpha value is -2.16. The summed E-state index contributed by atoms with van der Waals surface area (Å²) in [4.78, 5) is 37.4. The van der Waals surface area contributed by atoms with Crippen LogP contribution in [0.2, 0.25) is 0 Å². The molecule has 21 heavy (non-hydrogen) atoms. The van der Waals surface area contributed by atoms with Gasteiger partial charge in [0.2, 0.25) is 5.91 Å². The van der Waals surface area contributed by atoms with Crippen LogP contribution in [0.3, 0.4) is 0 Å². The van der Waals surface area contributed by atoms with E-state index >= 15 is 0 Å². The molecule has 0 unspecified atom stereocenters. The van der Waals surface area contributed by atoms with Gasteiger partial charge in [0.25, 0.3) is 0 Å². The smallest absolute Gasteiger partial charge is 0.326 e. The zero-order chi connectivity index (χ0) is 15.8. The number of primary amides is 1. The molecule has 8 nitrogen and oxygen atoms in total. The van der Waals surface area contributed by atoms with E-state index in [1.54, 1.807) is 0 Å². The minimum atomic E-state index is -1.21. The Labute approximate surface area is 125 Å². The van der Waals surface area contributed by atoms with E-state index in [0.29, 0.717) is 13.0 Å². The van der Waals surface area contributed by atoms with Crippen molar-refractivity contribution < 1.29 is 19.5 Å². The lowest BCUT2D eigenvalue weighted by molar-refractivity contribution is -0.139. The van der Waals surface area contributed by atoms with Gasteiger partial charge in [-0.3, -0.25) is 4.79 Å². The lowest BCUT2D eigenvalue weighted by atomic mass is 10.1. The molecule has 1 heterocycles. The van der Waals surface area contributed by atoms with Crippen molar-refractivity contribution in [3.8, 4) is 0 Å². The van der Waals surface area contributed by atoms with Gasteiger partial charge in [-0.15, -0.1) is 11.3 Å². The highest BCUT2D eigenvalue weighted by molar-refractivity contribution is 7.09. The second-order valence-corrected chi connectivity index (χ2v) is 5.47. The van der Waals surface area contributed by atoms with Gasteiger partial charge in [0.15, 0.2) is 0 Å². The Morgan fingerprint density at radius 2 is 2.19 bits per heavy atom. The summed E-state index contributed by atoms with van der Waals surface area (Å²) in [6.07, 6.45) is 0.426. The Morgan fingerprint density at radius 1 is 1.48 bits per heavy atom. The van der Waals surface area contributed by atoms with Crippen LogP contribution in [-0.4, -0.2) is 40.6 Å². The molecule has 3 amide bonds. The van der Waals surface area contributed by atoms with E-state index < -0.39 is 23.9 Å². The number of amides is 3. The topological polar surface area (TPSA) is 134 Å². The number of nitrogens with one attached hydrogen (secondary N) is 2. The van der Waals surface area contributed by atoms with Crippen LogP contribution in [0, 0.1) is 6.92 Å². The summed E-state index contributed by atoms with van der Waals surface area (Å²) in [5, 5.41) is 16.6. The highest BCUT2D eigenvalue weighted by Crippen LogP contribution is 2.07. The highest BCUT2D eigenvalue weighted by atomic mass is 32.1. The Morgan fingerprint density at radius 3 is 2.71 bits per heavy atom. The van der Waals surface area contributed by atoms with Gasteiger partial charge in [-0.1, -0.05) is 0 Å². The molecule has 0 bridgehead atoms. The van der Waals surface area contributed by atoms with Crippen LogP contribution >= 0.6 is 11.3 Å². The van der Waals surface area contributed by atoms with Crippen LogP contribution < -0.4 is 16.4 Å². The van der Waals surface area contributed by atoms with E-state index in [2.05, 4.69) is 15.6 Å². The molecule has 0 radical (unpaired) electrons. The van der Waals surface area contributed by atoms with E-state index in [4.69, 9.17) is 10.8 Å². The largest absolute Gasteiger partial charge is 0.480 e. The summed E-state index contributed by atoms with van der Waals surface area (Å²) < 4.78 is 0. The molecule has 1 aromatic heterocycles. The molecular formula is C12H18N4O4S. The van der Waals surface area contributed by atoms with Gasteiger partial charge in [-0.05, 0) is 13.3 Å². The maximum atomic E-state index is 11.6. The van der Waals surface area contributed by atoms with Gasteiger partial charge in [0, 0.05) is 24.8 Å². The van der Waals surface area contributed by atoms with Crippen molar-refractivity contribution in [2.75, 3.05) is 6.54 Å². The summed E-state index contributed by atoms with van der Waals surface area (Å²) in [6.45, 7) is 2.24. The first kappa shape index (κ1) is 16.9. The fourth-order valence-corrected chi connectivity index (χ4v) is 2.23. The predicted molar refractivity (Wildman–Crippen MR) is 76.9 cm³/mol. The van der Waals surface area contributed by atoms with E-state index in [9.17, 15) is 14.4 Å². The Balaban J connectivity index is 2.32. The van der Waals surface area contributed by atoms with E-state index in [-0.39, 0.29) is 12.8 Å². The maximum Gasteiger partial charge on any atom is 0.326 e. The third-order valence-electron chi connectivity index (χ3n) is 2.62. The second-order valence-electron chi connectivity index (χ2n) is 4.40. The SMILES string of the molecule is Cc1nc(CCNC(=O)N[C@@H](CCC(N)=O)C(=O)O)cs1. The zero-order valence-corrected chi connectivity index (χ0v) is 12.4. The average Bonchev–Trinajstić information content (AvgIpc) is 2.79. The number of aryl methyl sites for hydroxylation is 1. The summed E-state index contributed by atoms with van der Waals surface area (Å²) >= 11 is 1.53. The fourth-order valence-electron chi connectivity index (χ4n) is 1.58. The lowest BCUT2D eigenvalue weighted by Gasteiger charge is -2.14. The summed E-state index contributed by atoms with van der Waals surface area (Å²) in [7, 11) is 0. The molecule has 0 aromatic carbocycles. The van der Waals surface area contributed by atoms with Crippen LogP contribution in [0.1, 0.15) is 23.5 Å². The van der Waals surface area contributed by atoms with Gasteiger partial charge >= 0.3 is 12.0 Å². The predicted octanol–water partition coefficient (Wildman–Crippen LogP) is 0.0119. The van der Waals surface area contributed by atoms with Crippen LogP contribution in [-0.2, 0) is 16.0 Å². The molecule has 0 aliphatic heterocycles. The van der Waals surface area contributed by atoms with Crippen molar-refractivity contribution in [3.05, 3.63) is 16.1 Å². The number of thiazole rings is 1. The molecule has 0 fully saturated rings. The molecule has 5 N–H and O–H groups in total. The molecule has 0 aliphatic rings. The minimum absolute atomic E-state index is 0.0383. The van der Waals surface area contributed by atoms with Gasteiger partial charge in [0.1, 0.15) is 6.04 Å². The number of urea groups is 1. The highest BCUT2D eigenvalue weighted by Gasteiger charge is 2.20. The summed E-state index contributed by atoms with van der Waals surface area (Å²) in [5.74, 6) is -1.82. The molecule has 116 valence electrons. The summed E-state index contributed by atoms with van der Waals surface area (Å²) in [5.41, 5.74) is 5.83. The average molecular weight is 314 g/mol. The van der Waals surface area contributed by atoms with Crippen LogP contribution in [0.5, 0.6) is 0 Å². The molecule has 0 aliphatic carbocycles. The minimum Gasteiger partial charge on any atom is -0.480 e. The van der Waals surface area contributed by atoms with Crippen molar-refractivity contribution in [2.45, 2.75) is 32.2 Å². The first-order chi connectivity index (χ1) is 9.88. The molecular weight excluding hydrogens is 296 g/mol. The summed E-state index contributed by atoms with van der Waals surface area (Å²) in [6, 6.07) is -1.74. The van der Waals surface area contributed by atoms with E-state index in [1.807, 2.05) is 12.3 Å². The molecule has 0 spiro atoms. The van der Waals surface area contributed by atoms with Gasteiger partial charge < -0.3 is 21.5 Å². The quantitative estimate of drug-likeness (QED) is 0.536. The van der Waals surface area contributed by atoms with E-state index in [1.165, 1.54) is 11.3 Å². The number of hydrogen-bond acceptors (Lipinski definition) is 5. The third kappa shape index (κ3) is 6.70. The van der Waals surface area contributed by atoms with Crippen LogP contribution in [0.25, 0.3) is 0 Å². The first-order valence-electron chi connectivity index (χ1n) is 6.35. The van der Waals surface area contributed by atoms with Gasteiger partial charge in [0.05, 0.1) is 10.7 Å². The number of aromatic nitrogens is 1. The van der Waals surface area contributed by atoms with Crippen molar-refractivity contribution in [3.63, 3.8) is 0 Å². The Bertz CT molecular complexity index is 517. The van der Waals surface area contributed by atoms with Crippen molar-refractivity contribution in [1.29, 1.82) is 0 Å². The number of rotatable bonds is 8. The number of nitrogens with two attached hydrogens (primary N) is 1. The van der Waals surface area contributed by atoms with Crippen molar-refractivity contribution >= 4 is 29.2 Å². The maximum absolute atomic E-state index is 11.6. The lowest BCUT2D eigenvalue weighted by Crippen LogP contribution is -2.46. The zero-order valence-electron chi connectivity index (χ0n) is 11.6. The second kappa shape index (κ2) is 8.20. The number of aliphatic carboxylic acids is 1. The normalized spacial score (nSPS) is 11.7. The fraction of sp³-hybridized carbons (Fsp3) is 0.500. The van der Waals surface area contributed by atoms with Crippen molar-refractivity contribution in [1.82, 2.24) is 15.6 Å². The molecule has 9 heteroatoms. The van der Waals surface area contributed by atoms with Crippen molar-refractivity contribution in [2.24, 2.45) is 5.73 Å². The Kier molecular flexibility index (Phi) is 6.60. The molecule has 1 atom stereocenters. The number of carbonyl (C=O) groups excluding carboxylic acids is 2. The third-order valence-corrected chi connectivity index (χ3v) is 3.44. The number of nitrogens with zero attached hydrogens (tertiary/aromatic N) is 1. The van der Waals surface area contributed by atoms with Crippen LogP contribution in [0.15, 0.2) is 5.38 Å². The number of carbonyl (C=O) groups is 3.